The van der Waals surface area contributed by atoms with Crippen LogP contribution >= 0.6 is 0 Å². The second kappa shape index (κ2) is 10.7. The highest BCUT2D eigenvalue weighted by Crippen LogP contribution is 2.09. The Hall–Kier alpha value is -2.42. The second-order valence-corrected chi connectivity index (χ2v) is 6.61. The van der Waals surface area contributed by atoms with E-state index in [-0.39, 0.29) is 6.54 Å². The van der Waals surface area contributed by atoms with Crippen LogP contribution in [-0.4, -0.2) is 36.3 Å². The van der Waals surface area contributed by atoms with Crippen molar-refractivity contribution in [2.75, 3.05) is 0 Å². The number of aryl methyl sites for hydroxylation is 2. The Morgan fingerprint density at radius 2 is 1.81 bits per heavy atom. The van der Waals surface area contributed by atoms with Crippen LogP contribution in [0.15, 0.2) is 9.59 Å². The number of rotatable bonds is 8. The smallest absolute Gasteiger partial charge is 0.332 e. The molecule has 2 rings (SSSR count). The van der Waals surface area contributed by atoms with Crippen molar-refractivity contribution in [3.05, 3.63) is 26.7 Å². The maximum absolute atomic E-state index is 12.7. The van der Waals surface area contributed by atoms with Crippen molar-refractivity contribution in [2.24, 2.45) is 14.1 Å². The molecule has 0 aliphatic carbocycles. The zero-order chi connectivity index (χ0) is 20.6. The fourth-order valence-corrected chi connectivity index (χ4v) is 2.69. The Balaban J connectivity index is 0.00000114. The van der Waals surface area contributed by atoms with Gasteiger partial charge in [0.15, 0.2) is 11.2 Å². The molecule has 0 saturated carbocycles. The summed E-state index contributed by atoms with van der Waals surface area (Å²) in [6.07, 6.45) is 3.40. The number of aromatic nitrogens is 4. The molecule has 1 amide bonds. The van der Waals surface area contributed by atoms with Gasteiger partial charge in [0.25, 0.3) is 5.56 Å². The Morgan fingerprint density at radius 3 is 2.37 bits per heavy atom. The topological polar surface area (TPSA) is 111 Å². The van der Waals surface area contributed by atoms with E-state index in [1.807, 2.05) is 0 Å². The quantitative estimate of drug-likeness (QED) is 0.515. The van der Waals surface area contributed by atoms with Gasteiger partial charge in [-0.1, -0.05) is 20.3 Å². The summed E-state index contributed by atoms with van der Waals surface area (Å²) < 4.78 is 4.14. The Kier molecular flexibility index (Phi) is 8.93. The summed E-state index contributed by atoms with van der Waals surface area (Å²) in [5.41, 5.74) is -0.180. The highest BCUT2D eigenvalue weighted by atomic mass is 16.3. The zero-order valence-electron chi connectivity index (χ0n) is 16.9. The maximum Gasteiger partial charge on any atom is 0.332 e. The first-order valence-corrected chi connectivity index (χ1v) is 9.30. The van der Waals surface area contributed by atoms with E-state index in [0.717, 1.165) is 6.42 Å². The fraction of sp³-hybridized carbons (Fsp3) is 0.667. The van der Waals surface area contributed by atoms with Gasteiger partial charge >= 0.3 is 5.69 Å². The van der Waals surface area contributed by atoms with E-state index in [1.54, 1.807) is 25.6 Å². The van der Waals surface area contributed by atoms with Crippen LogP contribution in [0, 0.1) is 0 Å². The van der Waals surface area contributed by atoms with E-state index >= 15 is 0 Å². The first-order chi connectivity index (χ1) is 12.8. The van der Waals surface area contributed by atoms with E-state index in [4.69, 9.17) is 0 Å². The molecule has 0 aliphatic rings. The predicted octanol–water partition coefficient (Wildman–Crippen LogP) is 0.647. The van der Waals surface area contributed by atoms with Crippen molar-refractivity contribution in [2.45, 2.75) is 65.6 Å². The first-order valence-electron chi connectivity index (χ1n) is 9.30. The van der Waals surface area contributed by atoms with Crippen LogP contribution in [0.5, 0.6) is 0 Å². The van der Waals surface area contributed by atoms with Crippen LogP contribution in [0.1, 0.15) is 52.3 Å². The van der Waals surface area contributed by atoms with Gasteiger partial charge in [-0.3, -0.25) is 18.7 Å². The summed E-state index contributed by atoms with van der Waals surface area (Å²) in [6, 6.07) is 0. The van der Waals surface area contributed by atoms with Crippen LogP contribution in [0.25, 0.3) is 11.2 Å². The minimum Gasteiger partial charge on any atom is -0.393 e. The Morgan fingerprint density at radius 1 is 1.19 bits per heavy atom. The number of carbonyl (C=O) groups excluding carboxylic acids is 1. The minimum atomic E-state index is -0.419. The molecule has 0 aromatic carbocycles. The summed E-state index contributed by atoms with van der Waals surface area (Å²) in [7, 11) is 3.25. The van der Waals surface area contributed by atoms with Gasteiger partial charge in [0, 0.05) is 20.6 Å². The van der Waals surface area contributed by atoms with E-state index in [2.05, 4.69) is 24.1 Å². The van der Waals surface area contributed by atoms with Gasteiger partial charge in [-0.05, 0) is 26.2 Å². The minimum absolute atomic E-state index is 0.177. The SMILES string of the molecule is CC(O)CCCCn1c(=O)c2c(nc(CNC=O)n2C)n(C)c1=O.CCC. The number of carbonyl (C=O) groups is 1. The van der Waals surface area contributed by atoms with Gasteiger partial charge in [0.05, 0.1) is 12.6 Å². The molecule has 0 bridgehead atoms. The molecule has 1 unspecified atom stereocenters. The number of aliphatic hydroxyl groups is 1. The second-order valence-electron chi connectivity index (χ2n) is 6.61. The average molecular weight is 381 g/mol. The molecule has 9 nitrogen and oxygen atoms in total. The van der Waals surface area contributed by atoms with Crippen molar-refractivity contribution in [3.8, 4) is 0 Å². The lowest BCUT2D eigenvalue weighted by molar-refractivity contribution is -0.109. The van der Waals surface area contributed by atoms with Gasteiger partial charge in [-0.2, -0.15) is 0 Å². The third-order valence-corrected chi connectivity index (χ3v) is 4.05. The predicted molar refractivity (Wildman–Crippen MR) is 105 cm³/mol. The average Bonchev–Trinajstić information content (AvgIpc) is 2.94. The molecule has 0 saturated heterocycles. The number of aliphatic hydroxyl groups excluding tert-OH is 1. The number of unbranched alkanes of at least 4 members (excludes halogenated alkanes) is 1. The molecule has 2 aromatic heterocycles. The van der Waals surface area contributed by atoms with Crippen molar-refractivity contribution in [1.82, 2.24) is 24.0 Å². The molecule has 0 spiro atoms. The number of nitrogens with zero attached hydrogens (tertiary/aromatic N) is 4. The van der Waals surface area contributed by atoms with Crippen LogP contribution in [-0.2, 0) is 32.0 Å². The molecular weight excluding hydrogens is 350 g/mol. The van der Waals surface area contributed by atoms with Gasteiger partial charge in [0.2, 0.25) is 6.41 Å². The highest BCUT2D eigenvalue weighted by Gasteiger charge is 2.18. The standard InChI is InChI=1S/C15H23N5O4.C3H8/c1-10(22)6-4-5-7-20-14(23)12-13(19(3)15(20)24)17-11(18(12)2)8-16-9-21;1-3-2/h9-10,22H,4-8H2,1-3H3,(H,16,21);3H2,1-2H3. The summed E-state index contributed by atoms with van der Waals surface area (Å²) in [5.74, 6) is 0.496. The number of amides is 1. The molecule has 2 N–H and O–H groups in total. The maximum atomic E-state index is 12.7. The van der Waals surface area contributed by atoms with Crippen LogP contribution in [0.4, 0.5) is 0 Å². The largest absolute Gasteiger partial charge is 0.393 e. The third-order valence-electron chi connectivity index (χ3n) is 4.05. The van der Waals surface area contributed by atoms with Crippen LogP contribution < -0.4 is 16.6 Å². The van der Waals surface area contributed by atoms with Crippen molar-refractivity contribution < 1.29 is 9.90 Å². The Labute approximate surface area is 158 Å². The summed E-state index contributed by atoms with van der Waals surface area (Å²) in [6.45, 7) is 6.43. The van der Waals surface area contributed by atoms with Crippen molar-refractivity contribution in [3.63, 3.8) is 0 Å². The van der Waals surface area contributed by atoms with Crippen LogP contribution in [0.2, 0.25) is 0 Å². The molecule has 0 radical (unpaired) electrons. The lowest BCUT2D eigenvalue weighted by Gasteiger charge is -2.09. The number of hydrogen-bond acceptors (Lipinski definition) is 5. The lowest BCUT2D eigenvalue weighted by Crippen LogP contribution is -2.39. The van der Waals surface area contributed by atoms with Gasteiger partial charge in [-0.15, -0.1) is 0 Å². The Bertz CT molecular complexity index is 863. The third kappa shape index (κ3) is 5.53. The van der Waals surface area contributed by atoms with E-state index in [1.165, 1.54) is 15.6 Å². The van der Waals surface area contributed by atoms with Crippen LogP contribution in [0.3, 0.4) is 0 Å². The highest BCUT2D eigenvalue weighted by molar-refractivity contribution is 5.71. The summed E-state index contributed by atoms with van der Waals surface area (Å²) in [4.78, 5) is 39.9. The van der Waals surface area contributed by atoms with Gasteiger partial charge in [0.1, 0.15) is 5.82 Å². The summed E-state index contributed by atoms with van der Waals surface area (Å²) in [5, 5.41) is 11.8. The monoisotopic (exact) mass is 381 g/mol. The molecule has 0 fully saturated rings. The summed E-state index contributed by atoms with van der Waals surface area (Å²) >= 11 is 0. The van der Waals surface area contributed by atoms with Gasteiger partial charge in [-0.25, -0.2) is 9.78 Å². The molecule has 2 heterocycles. The molecule has 2 aromatic rings. The van der Waals surface area contributed by atoms with Crippen molar-refractivity contribution in [1.29, 1.82) is 0 Å². The number of imidazole rings is 1. The first kappa shape index (κ1) is 22.6. The fourth-order valence-electron chi connectivity index (χ4n) is 2.69. The van der Waals surface area contributed by atoms with Crippen molar-refractivity contribution >= 4 is 17.6 Å². The molecular formula is C18H31N5O4. The lowest BCUT2D eigenvalue weighted by atomic mass is 10.2. The molecule has 27 heavy (non-hydrogen) atoms. The zero-order valence-corrected chi connectivity index (χ0v) is 16.9. The number of hydrogen-bond donors (Lipinski definition) is 2. The van der Waals surface area contributed by atoms with Gasteiger partial charge < -0.3 is 15.0 Å². The number of nitrogens with one attached hydrogen (secondary N) is 1. The normalized spacial score (nSPS) is 11.8. The molecule has 1 atom stereocenters. The molecule has 9 heteroatoms. The molecule has 152 valence electrons. The van der Waals surface area contributed by atoms with E-state index in [0.29, 0.717) is 42.8 Å². The molecule has 0 aliphatic heterocycles. The van der Waals surface area contributed by atoms with E-state index in [9.17, 15) is 19.5 Å². The van der Waals surface area contributed by atoms with E-state index < -0.39 is 17.4 Å². The number of fused-ring (bicyclic) bond motifs is 1.